The molecule has 0 aliphatic rings. The molecule has 7 heteroatoms. The lowest BCUT2D eigenvalue weighted by Gasteiger charge is -2.07. The molecule has 0 aliphatic carbocycles. The fraction of sp³-hybridized carbons (Fsp3) is 0.455. The molecular weight excluding hydrogens is 269 g/mol. The molecule has 1 aromatic rings. The van der Waals surface area contributed by atoms with Crippen molar-refractivity contribution in [1.29, 1.82) is 0 Å². The molecule has 0 saturated carbocycles. The number of aromatic nitrogens is 1. The number of hydrogen-bond acceptors (Lipinski definition) is 2. The minimum Gasteiger partial charge on any atom is -0.352 e. The van der Waals surface area contributed by atoms with Crippen molar-refractivity contribution >= 4 is 17.5 Å². The monoisotopic (exact) mass is 280 g/mol. The van der Waals surface area contributed by atoms with Gasteiger partial charge in [-0.1, -0.05) is 11.6 Å². The average molecular weight is 281 g/mol. The number of alkyl halides is 3. The zero-order chi connectivity index (χ0) is 13.6. The summed E-state index contributed by atoms with van der Waals surface area (Å²) in [5, 5.41) is 2.57. The first-order valence-electron chi connectivity index (χ1n) is 5.35. The number of rotatable bonds is 5. The third kappa shape index (κ3) is 5.35. The van der Waals surface area contributed by atoms with Gasteiger partial charge in [-0.25, -0.2) is 4.98 Å². The second-order valence-electron chi connectivity index (χ2n) is 3.67. The van der Waals surface area contributed by atoms with Gasteiger partial charge in [0.1, 0.15) is 5.15 Å². The van der Waals surface area contributed by atoms with Crippen molar-refractivity contribution < 1.29 is 18.0 Å². The summed E-state index contributed by atoms with van der Waals surface area (Å²) in [6.07, 6.45) is -3.27. The Morgan fingerprint density at radius 3 is 2.72 bits per heavy atom. The zero-order valence-electron chi connectivity index (χ0n) is 9.43. The number of unbranched alkanes of at least 4 members (excludes halogenated alkanes) is 1. The van der Waals surface area contributed by atoms with Crippen LogP contribution in [0.25, 0.3) is 0 Å². The van der Waals surface area contributed by atoms with Crippen molar-refractivity contribution in [3.63, 3.8) is 0 Å². The highest BCUT2D eigenvalue weighted by Gasteiger charge is 2.25. The minimum absolute atomic E-state index is 0.00937. The van der Waals surface area contributed by atoms with Crippen LogP contribution in [-0.4, -0.2) is 23.6 Å². The molecule has 1 heterocycles. The van der Waals surface area contributed by atoms with Gasteiger partial charge in [0, 0.05) is 19.2 Å². The van der Waals surface area contributed by atoms with Crippen molar-refractivity contribution in [2.45, 2.75) is 25.4 Å². The van der Waals surface area contributed by atoms with Gasteiger partial charge in [0.05, 0.1) is 5.56 Å². The molecule has 1 aromatic heterocycles. The molecule has 0 unspecified atom stereocenters. The molecule has 3 nitrogen and oxygen atoms in total. The molecule has 1 rings (SSSR count). The Hall–Kier alpha value is -1.30. The predicted molar refractivity (Wildman–Crippen MR) is 61.5 cm³/mol. The Bertz CT molecular complexity index is 410. The van der Waals surface area contributed by atoms with E-state index in [0.29, 0.717) is 0 Å². The third-order valence-corrected chi connectivity index (χ3v) is 2.48. The normalized spacial score (nSPS) is 11.3. The third-order valence-electron chi connectivity index (χ3n) is 2.18. The molecule has 0 saturated heterocycles. The summed E-state index contributed by atoms with van der Waals surface area (Å²) in [5.74, 6) is -0.430. The van der Waals surface area contributed by atoms with E-state index in [-0.39, 0.29) is 30.1 Å². The smallest absolute Gasteiger partial charge is 0.352 e. The summed E-state index contributed by atoms with van der Waals surface area (Å²) in [6.45, 7) is 0.181. The highest BCUT2D eigenvalue weighted by molar-refractivity contribution is 6.32. The maximum Gasteiger partial charge on any atom is 0.389 e. The minimum atomic E-state index is -4.14. The molecule has 1 amide bonds. The number of halogens is 4. The first kappa shape index (κ1) is 14.8. The largest absolute Gasteiger partial charge is 0.389 e. The van der Waals surface area contributed by atoms with Crippen LogP contribution in [0.2, 0.25) is 5.15 Å². The first-order valence-corrected chi connectivity index (χ1v) is 5.73. The molecule has 0 aromatic carbocycles. The maximum atomic E-state index is 11.8. The van der Waals surface area contributed by atoms with Crippen LogP contribution in [0.5, 0.6) is 0 Å². The molecule has 100 valence electrons. The van der Waals surface area contributed by atoms with Gasteiger partial charge in [0.15, 0.2) is 0 Å². The zero-order valence-corrected chi connectivity index (χ0v) is 10.2. The Morgan fingerprint density at radius 2 is 2.11 bits per heavy atom. The van der Waals surface area contributed by atoms with Crippen LogP contribution in [0.1, 0.15) is 29.6 Å². The standard InChI is InChI=1S/C11H12ClF3N2O/c12-9-8(4-3-7-16-9)10(18)17-6-2-1-5-11(13,14)15/h3-4,7H,1-2,5-6H2,(H,17,18). The highest BCUT2D eigenvalue weighted by atomic mass is 35.5. The van der Waals surface area contributed by atoms with Crippen molar-refractivity contribution in [3.8, 4) is 0 Å². The summed E-state index contributed by atoms with van der Waals surface area (Å²) in [4.78, 5) is 15.3. The van der Waals surface area contributed by atoms with E-state index < -0.39 is 18.5 Å². The average Bonchev–Trinajstić information content (AvgIpc) is 2.27. The van der Waals surface area contributed by atoms with E-state index in [4.69, 9.17) is 11.6 Å². The number of carbonyl (C=O) groups is 1. The summed E-state index contributed by atoms with van der Waals surface area (Å²) < 4.78 is 35.5. The lowest BCUT2D eigenvalue weighted by molar-refractivity contribution is -0.135. The van der Waals surface area contributed by atoms with Crippen LogP contribution >= 0.6 is 11.6 Å². The number of carbonyl (C=O) groups excluding carboxylic acids is 1. The van der Waals surface area contributed by atoms with Gasteiger partial charge in [-0.2, -0.15) is 13.2 Å². The molecular formula is C11H12ClF3N2O. The van der Waals surface area contributed by atoms with Crippen LogP contribution in [-0.2, 0) is 0 Å². The first-order chi connectivity index (χ1) is 8.40. The molecule has 0 fully saturated rings. The van der Waals surface area contributed by atoms with Gasteiger partial charge in [-0.3, -0.25) is 4.79 Å². The van der Waals surface area contributed by atoms with E-state index in [0.717, 1.165) is 0 Å². The van der Waals surface area contributed by atoms with Crippen molar-refractivity contribution in [2.24, 2.45) is 0 Å². The van der Waals surface area contributed by atoms with Gasteiger partial charge in [-0.05, 0) is 25.0 Å². The Kier molecular flexibility index (Phi) is 5.40. The van der Waals surface area contributed by atoms with Crippen LogP contribution < -0.4 is 5.32 Å². The van der Waals surface area contributed by atoms with Crippen LogP contribution in [0.15, 0.2) is 18.3 Å². The number of nitrogens with zero attached hydrogens (tertiary/aromatic N) is 1. The van der Waals surface area contributed by atoms with Gasteiger partial charge in [0.25, 0.3) is 5.91 Å². The lowest BCUT2D eigenvalue weighted by atomic mass is 10.2. The van der Waals surface area contributed by atoms with E-state index in [1.165, 1.54) is 12.3 Å². The number of nitrogens with one attached hydrogen (secondary N) is 1. The Balaban J connectivity index is 2.28. The van der Waals surface area contributed by atoms with Crippen LogP contribution in [0.3, 0.4) is 0 Å². The van der Waals surface area contributed by atoms with Gasteiger partial charge < -0.3 is 5.32 Å². The topological polar surface area (TPSA) is 42.0 Å². The Morgan fingerprint density at radius 1 is 1.39 bits per heavy atom. The van der Waals surface area contributed by atoms with Crippen molar-refractivity contribution in [3.05, 3.63) is 29.0 Å². The number of hydrogen-bond donors (Lipinski definition) is 1. The molecule has 0 atom stereocenters. The summed E-state index contributed by atoms with van der Waals surface area (Å²) >= 11 is 5.70. The molecule has 0 bridgehead atoms. The van der Waals surface area contributed by atoms with Crippen LogP contribution in [0.4, 0.5) is 13.2 Å². The highest BCUT2D eigenvalue weighted by Crippen LogP contribution is 2.21. The molecule has 0 spiro atoms. The summed E-state index contributed by atoms with van der Waals surface area (Å²) in [6, 6.07) is 3.06. The van der Waals surface area contributed by atoms with Crippen molar-refractivity contribution in [2.75, 3.05) is 6.54 Å². The molecule has 0 aliphatic heterocycles. The van der Waals surface area contributed by atoms with Gasteiger partial charge >= 0.3 is 6.18 Å². The lowest BCUT2D eigenvalue weighted by Crippen LogP contribution is -2.25. The quantitative estimate of drug-likeness (QED) is 0.665. The molecule has 18 heavy (non-hydrogen) atoms. The maximum absolute atomic E-state index is 11.8. The molecule has 0 radical (unpaired) electrons. The fourth-order valence-electron chi connectivity index (χ4n) is 1.30. The van der Waals surface area contributed by atoms with E-state index in [1.54, 1.807) is 6.07 Å². The second kappa shape index (κ2) is 6.58. The summed E-state index contributed by atoms with van der Waals surface area (Å²) in [5.41, 5.74) is 0.218. The summed E-state index contributed by atoms with van der Waals surface area (Å²) in [7, 11) is 0. The van der Waals surface area contributed by atoms with Crippen molar-refractivity contribution in [1.82, 2.24) is 10.3 Å². The van der Waals surface area contributed by atoms with E-state index >= 15 is 0 Å². The van der Waals surface area contributed by atoms with E-state index in [1.807, 2.05) is 0 Å². The van der Waals surface area contributed by atoms with E-state index in [2.05, 4.69) is 10.3 Å². The SMILES string of the molecule is O=C(NCCCCC(F)(F)F)c1cccnc1Cl. The number of pyridine rings is 1. The number of amides is 1. The van der Waals surface area contributed by atoms with E-state index in [9.17, 15) is 18.0 Å². The second-order valence-corrected chi connectivity index (χ2v) is 4.03. The Labute approximate surface area is 107 Å². The van der Waals surface area contributed by atoms with Gasteiger partial charge in [-0.15, -0.1) is 0 Å². The fourth-order valence-corrected chi connectivity index (χ4v) is 1.51. The predicted octanol–water partition coefficient (Wildman–Crippen LogP) is 3.20. The van der Waals surface area contributed by atoms with Gasteiger partial charge in [0.2, 0.25) is 0 Å². The molecule has 1 N–H and O–H groups in total. The van der Waals surface area contributed by atoms with Crippen LogP contribution in [0, 0.1) is 0 Å².